The normalized spacial score (nSPS) is 13.4. The SMILES string of the molecule is CO[C@H](c1ccc(C)cc1)[C@H](C)Nc1ncccc1[N+](=O)[O-]. The van der Waals surface area contributed by atoms with E-state index in [1.165, 1.54) is 17.8 Å². The van der Waals surface area contributed by atoms with Crippen LogP contribution in [-0.4, -0.2) is 23.1 Å². The van der Waals surface area contributed by atoms with Crippen LogP contribution in [0.3, 0.4) is 0 Å². The van der Waals surface area contributed by atoms with Crippen molar-refractivity contribution < 1.29 is 9.66 Å². The minimum atomic E-state index is -0.449. The highest BCUT2D eigenvalue weighted by Gasteiger charge is 2.22. The number of hydrogen-bond donors (Lipinski definition) is 1. The van der Waals surface area contributed by atoms with Gasteiger partial charge in [-0.15, -0.1) is 0 Å². The second-order valence-electron chi connectivity index (χ2n) is 5.13. The molecular formula is C16H19N3O3. The molecule has 1 heterocycles. The van der Waals surface area contributed by atoms with Crippen molar-refractivity contribution in [1.29, 1.82) is 0 Å². The van der Waals surface area contributed by atoms with E-state index in [2.05, 4.69) is 10.3 Å². The number of methoxy groups -OCH3 is 1. The van der Waals surface area contributed by atoms with Crippen molar-refractivity contribution in [2.24, 2.45) is 0 Å². The highest BCUT2D eigenvalue weighted by atomic mass is 16.6. The predicted molar refractivity (Wildman–Crippen MR) is 84.9 cm³/mol. The molecule has 0 unspecified atom stereocenters. The van der Waals surface area contributed by atoms with E-state index < -0.39 is 4.92 Å². The molecule has 1 aromatic heterocycles. The Morgan fingerprint density at radius 3 is 2.55 bits per heavy atom. The second-order valence-corrected chi connectivity index (χ2v) is 5.13. The number of nitro groups is 1. The van der Waals surface area contributed by atoms with Gasteiger partial charge < -0.3 is 10.1 Å². The number of benzene rings is 1. The minimum absolute atomic E-state index is 0.0480. The van der Waals surface area contributed by atoms with Crippen molar-refractivity contribution >= 4 is 11.5 Å². The third-order valence-corrected chi connectivity index (χ3v) is 3.46. The summed E-state index contributed by atoms with van der Waals surface area (Å²) in [7, 11) is 1.62. The molecule has 0 saturated carbocycles. The zero-order valence-electron chi connectivity index (χ0n) is 12.8. The summed E-state index contributed by atoms with van der Waals surface area (Å²) in [4.78, 5) is 14.7. The number of ether oxygens (including phenoxy) is 1. The van der Waals surface area contributed by atoms with E-state index in [0.717, 1.165) is 5.56 Å². The van der Waals surface area contributed by atoms with Gasteiger partial charge in [0.15, 0.2) is 0 Å². The topological polar surface area (TPSA) is 77.3 Å². The van der Waals surface area contributed by atoms with Gasteiger partial charge in [0.05, 0.1) is 11.0 Å². The largest absolute Gasteiger partial charge is 0.375 e. The monoisotopic (exact) mass is 301 g/mol. The average Bonchev–Trinajstić information content (AvgIpc) is 2.50. The molecule has 22 heavy (non-hydrogen) atoms. The molecule has 0 aliphatic carbocycles. The molecule has 0 aliphatic heterocycles. The molecule has 2 aromatic rings. The number of aryl methyl sites for hydroxylation is 1. The molecule has 6 heteroatoms. The van der Waals surface area contributed by atoms with Gasteiger partial charge in [0.25, 0.3) is 0 Å². The lowest BCUT2D eigenvalue weighted by Crippen LogP contribution is -2.26. The number of nitrogens with one attached hydrogen (secondary N) is 1. The van der Waals surface area contributed by atoms with E-state index in [4.69, 9.17) is 4.74 Å². The second kappa shape index (κ2) is 7.00. The summed E-state index contributed by atoms with van der Waals surface area (Å²) in [6.45, 7) is 3.93. The van der Waals surface area contributed by atoms with Gasteiger partial charge in [-0.2, -0.15) is 0 Å². The van der Waals surface area contributed by atoms with Crippen LogP contribution in [0.25, 0.3) is 0 Å². The first-order chi connectivity index (χ1) is 10.5. The summed E-state index contributed by atoms with van der Waals surface area (Å²) in [5, 5.41) is 14.1. The molecule has 0 saturated heterocycles. The van der Waals surface area contributed by atoms with E-state index in [0.29, 0.717) is 0 Å². The number of hydrogen-bond acceptors (Lipinski definition) is 5. The van der Waals surface area contributed by atoms with Gasteiger partial charge in [0.2, 0.25) is 5.82 Å². The van der Waals surface area contributed by atoms with Gasteiger partial charge in [-0.1, -0.05) is 29.8 Å². The van der Waals surface area contributed by atoms with Crippen LogP contribution in [0.15, 0.2) is 42.6 Å². The number of aromatic nitrogens is 1. The Morgan fingerprint density at radius 1 is 1.27 bits per heavy atom. The third-order valence-electron chi connectivity index (χ3n) is 3.46. The van der Waals surface area contributed by atoms with Crippen molar-refractivity contribution in [2.45, 2.75) is 26.0 Å². The molecule has 0 spiro atoms. The van der Waals surface area contributed by atoms with Crippen molar-refractivity contribution in [3.8, 4) is 0 Å². The maximum atomic E-state index is 11.0. The molecule has 0 amide bonds. The molecule has 116 valence electrons. The quantitative estimate of drug-likeness (QED) is 0.653. The van der Waals surface area contributed by atoms with E-state index >= 15 is 0 Å². The summed E-state index contributed by atoms with van der Waals surface area (Å²) < 4.78 is 5.55. The van der Waals surface area contributed by atoms with Crippen LogP contribution in [0.1, 0.15) is 24.2 Å². The Balaban J connectivity index is 2.21. The maximum Gasteiger partial charge on any atom is 0.311 e. The van der Waals surface area contributed by atoms with Gasteiger partial charge in [-0.25, -0.2) is 4.98 Å². The van der Waals surface area contributed by atoms with Gasteiger partial charge in [0, 0.05) is 19.4 Å². The van der Waals surface area contributed by atoms with Crippen LogP contribution in [-0.2, 0) is 4.74 Å². The molecule has 1 aromatic carbocycles. The third kappa shape index (κ3) is 3.59. The number of anilines is 1. The highest BCUT2D eigenvalue weighted by molar-refractivity contribution is 5.55. The molecule has 2 rings (SSSR count). The van der Waals surface area contributed by atoms with Crippen LogP contribution in [0.2, 0.25) is 0 Å². The van der Waals surface area contributed by atoms with E-state index in [-0.39, 0.29) is 23.7 Å². The lowest BCUT2D eigenvalue weighted by molar-refractivity contribution is -0.384. The van der Waals surface area contributed by atoms with Crippen LogP contribution in [0, 0.1) is 17.0 Å². The van der Waals surface area contributed by atoms with Crippen molar-refractivity contribution in [3.63, 3.8) is 0 Å². The zero-order chi connectivity index (χ0) is 16.1. The summed E-state index contributed by atoms with van der Waals surface area (Å²) >= 11 is 0. The summed E-state index contributed by atoms with van der Waals surface area (Å²) in [6.07, 6.45) is 1.29. The fourth-order valence-electron chi connectivity index (χ4n) is 2.33. The van der Waals surface area contributed by atoms with Gasteiger partial charge in [-0.05, 0) is 25.5 Å². The fraction of sp³-hybridized carbons (Fsp3) is 0.312. The Hall–Kier alpha value is -2.47. The smallest absolute Gasteiger partial charge is 0.311 e. The Bertz CT molecular complexity index is 643. The first kappa shape index (κ1) is 15.9. The van der Waals surface area contributed by atoms with Crippen LogP contribution in [0.4, 0.5) is 11.5 Å². The van der Waals surface area contributed by atoms with Crippen molar-refractivity contribution in [2.75, 3.05) is 12.4 Å². The molecule has 0 fully saturated rings. The Labute approximate surface area is 129 Å². The predicted octanol–water partition coefficient (Wildman–Crippen LogP) is 3.49. The van der Waals surface area contributed by atoms with E-state index in [1.54, 1.807) is 13.2 Å². The Kier molecular flexibility index (Phi) is 5.06. The van der Waals surface area contributed by atoms with E-state index in [1.807, 2.05) is 38.1 Å². The van der Waals surface area contributed by atoms with Gasteiger partial charge in [0.1, 0.15) is 6.10 Å². The average molecular weight is 301 g/mol. The molecular weight excluding hydrogens is 282 g/mol. The first-order valence-corrected chi connectivity index (χ1v) is 6.98. The van der Waals surface area contributed by atoms with Crippen LogP contribution < -0.4 is 5.32 Å². The van der Waals surface area contributed by atoms with Gasteiger partial charge in [-0.3, -0.25) is 10.1 Å². The number of rotatable bonds is 6. The first-order valence-electron chi connectivity index (χ1n) is 6.98. The van der Waals surface area contributed by atoms with E-state index in [9.17, 15) is 10.1 Å². The molecule has 6 nitrogen and oxygen atoms in total. The maximum absolute atomic E-state index is 11.0. The molecule has 0 radical (unpaired) electrons. The minimum Gasteiger partial charge on any atom is -0.375 e. The highest BCUT2D eigenvalue weighted by Crippen LogP contribution is 2.27. The number of nitrogens with zero attached hydrogens (tertiary/aromatic N) is 2. The lowest BCUT2D eigenvalue weighted by atomic mass is 10.0. The molecule has 2 atom stereocenters. The molecule has 0 bridgehead atoms. The van der Waals surface area contributed by atoms with Crippen molar-refractivity contribution in [3.05, 3.63) is 63.8 Å². The lowest BCUT2D eigenvalue weighted by Gasteiger charge is -2.24. The standard InChI is InChI=1S/C16H19N3O3/c1-11-6-8-13(9-7-11)15(22-3)12(2)18-16-14(19(20)21)5-4-10-17-16/h4-10,12,15H,1-3H3,(H,17,18)/t12-,15-/m0/s1. The van der Waals surface area contributed by atoms with Crippen LogP contribution >= 0.6 is 0 Å². The Morgan fingerprint density at radius 2 is 1.95 bits per heavy atom. The molecule has 1 N–H and O–H groups in total. The van der Waals surface area contributed by atoms with Gasteiger partial charge >= 0.3 is 5.69 Å². The molecule has 0 aliphatic rings. The fourth-order valence-corrected chi connectivity index (χ4v) is 2.33. The van der Waals surface area contributed by atoms with Crippen molar-refractivity contribution in [1.82, 2.24) is 4.98 Å². The zero-order valence-corrected chi connectivity index (χ0v) is 12.8. The number of pyridine rings is 1. The summed E-state index contributed by atoms with van der Waals surface area (Å²) in [6, 6.07) is 10.8. The summed E-state index contributed by atoms with van der Waals surface area (Å²) in [5.41, 5.74) is 2.12. The van der Waals surface area contributed by atoms with Crippen LogP contribution in [0.5, 0.6) is 0 Å². The summed E-state index contributed by atoms with van der Waals surface area (Å²) in [5.74, 6) is 0.245.